The zero-order valence-electron chi connectivity index (χ0n) is 13.0. The number of nitrogens with one attached hydrogen (secondary N) is 1. The average Bonchev–Trinajstić information content (AvgIpc) is 2.48. The monoisotopic (exact) mass is 296 g/mol. The summed E-state index contributed by atoms with van der Waals surface area (Å²) in [6, 6.07) is 4.37. The van der Waals surface area contributed by atoms with Crippen molar-refractivity contribution >= 4 is 0 Å². The molecule has 0 aromatic heterocycles. The van der Waals surface area contributed by atoms with E-state index in [2.05, 4.69) is 24.1 Å². The molecule has 0 aliphatic carbocycles. The summed E-state index contributed by atoms with van der Waals surface area (Å²) >= 11 is 0. The second kappa shape index (κ2) is 7.85. The van der Waals surface area contributed by atoms with Gasteiger partial charge in [-0.3, -0.25) is 4.90 Å². The van der Waals surface area contributed by atoms with E-state index < -0.39 is 11.6 Å². The van der Waals surface area contributed by atoms with Crippen LogP contribution in [0.4, 0.5) is 8.78 Å². The summed E-state index contributed by atoms with van der Waals surface area (Å²) in [5.41, 5.74) is 0.589. The van der Waals surface area contributed by atoms with Crippen molar-refractivity contribution in [2.24, 2.45) is 5.92 Å². The van der Waals surface area contributed by atoms with Crippen LogP contribution in [0.2, 0.25) is 0 Å². The van der Waals surface area contributed by atoms with Crippen molar-refractivity contribution < 1.29 is 8.78 Å². The number of rotatable bonds is 6. The predicted octanol–water partition coefficient (Wildman–Crippen LogP) is 3.56. The van der Waals surface area contributed by atoms with Crippen LogP contribution in [-0.2, 0) is 6.54 Å². The summed E-state index contributed by atoms with van der Waals surface area (Å²) in [4.78, 5) is 2.29. The minimum absolute atomic E-state index is 0.436. The molecule has 1 fully saturated rings. The van der Waals surface area contributed by atoms with Gasteiger partial charge in [-0.15, -0.1) is 0 Å². The lowest BCUT2D eigenvalue weighted by molar-refractivity contribution is 0.143. The molecule has 0 spiro atoms. The van der Waals surface area contributed by atoms with Crippen LogP contribution in [0.25, 0.3) is 0 Å². The summed E-state index contributed by atoms with van der Waals surface area (Å²) in [6.07, 6.45) is 3.51. The molecule has 2 nitrogen and oxygen atoms in total. The fourth-order valence-electron chi connectivity index (χ4n) is 3.07. The van der Waals surface area contributed by atoms with Crippen LogP contribution in [-0.4, -0.2) is 30.6 Å². The van der Waals surface area contributed by atoms with Gasteiger partial charge in [0.1, 0.15) is 11.6 Å². The van der Waals surface area contributed by atoms with Gasteiger partial charge in [0.25, 0.3) is 0 Å². The Morgan fingerprint density at radius 3 is 2.90 bits per heavy atom. The van der Waals surface area contributed by atoms with E-state index in [0.717, 1.165) is 38.5 Å². The van der Waals surface area contributed by atoms with Gasteiger partial charge in [-0.1, -0.05) is 13.0 Å². The van der Waals surface area contributed by atoms with Gasteiger partial charge in [0.05, 0.1) is 0 Å². The fraction of sp³-hybridized carbons (Fsp3) is 0.647. The highest BCUT2D eigenvalue weighted by atomic mass is 19.1. The van der Waals surface area contributed by atoms with Crippen LogP contribution < -0.4 is 5.32 Å². The first-order valence-electron chi connectivity index (χ1n) is 7.99. The Morgan fingerprint density at radius 1 is 1.38 bits per heavy atom. The number of halogens is 2. The normalized spacial score (nSPS) is 21.4. The zero-order valence-corrected chi connectivity index (χ0v) is 13.0. The molecule has 2 atom stereocenters. The van der Waals surface area contributed by atoms with Gasteiger partial charge in [0.2, 0.25) is 0 Å². The van der Waals surface area contributed by atoms with E-state index in [0.29, 0.717) is 24.1 Å². The van der Waals surface area contributed by atoms with Crippen LogP contribution in [0.5, 0.6) is 0 Å². The highest BCUT2D eigenvalue weighted by Crippen LogP contribution is 2.22. The van der Waals surface area contributed by atoms with Gasteiger partial charge in [-0.25, -0.2) is 8.78 Å². The molecule has 2 unspecified atom stereocenters. The molecule has 118 valence electrons. The Labute approximate surface area is 126 Å². The fourth-order valence-corrected chi connectivity index (χ4v) is 3.07. The number of hydrogen-bond acceptors (Lipinski definition) is 2. The second-order valence-electron chi connectivity index (χ2n) is 6.12. The molecule has 1 aliphatic heterocycles. The molecule has 21 heavy (non-hydrogen) atoms. The Bertz CT molecular complexity index is 450. The lowest BCUT2D eigenvalue weighted by atomic mass is 9.91. The van der Waals surface area contributed by atoms with Crippen molar-refractivity contribution in [2.45, 2.75) is 45.7 Å². The lowest BCUT2D eigenvalue weighted by Crippen LogP contribution is -2.44. The Kier molecular flexibility index (Phi) is 6.12. The highest BCUT2D eigenvalue weighted by molar-refractivity contribution is 5.18. The van der Waals surface area contributed by atoms with Crippen molar-refractivity contribution in [2.75, 3.05) is 19.6 Å². The van der Waals surface area contributed by atoms with E-state index in [1.165, 1.54) is 12.5 Å². The standard InChI is InChI=1S/C17H26F2N2/c1-3-8-20-13(2)14-5-4-9-21(11-14)12-15-6-7-16(18)10-17(15)19/h6-7,10,13-14,20H,3-5,8-9,11-12H2,1-2H3. The molecular formula is C17H26F2N2. The Morgan fingerprint density at radius 2 is 2.19 bits per heavy atom. The molecule has 4 heteroatoms. The van der Waals surface area contributed by atoms with E-state index in [-0.39, 0.29) is 0 Å². The third-order valence-corrected chi connectivity index (χ3v) is 4.37. The van der Waals surface area contributed by atoms with Crippen LogP contribution in [0.15, 0.2) is 18.2 Å². The quantitative estimate of drug-likeness (QED) is 0.863. The minimum atomic E-state index is -0.509. The first kappa shape index (κ1) is 16.4. The first-order valence-corrected chi connectivity index (χ1v) is 7.99. The van der Waals surface area contributed by atoms with Crippen molar-refractivity contribution in [3.8, 4) is 0 Å². The van der Waals surface area contributed by atoms with Crippen molar-refractivity contribution in [1.82, 2.24) is 10.2 Å². The minimum Gasteiger partial charge on any atom is -0.314 e. The molecule has 1 aromatic carbocycles. The van der Waals surface area contributed by atoms with Crippen molar-refractivity contribution in [1.29, 1.82) is 0 Å². The number of hydrogen-bond donors (Lipinski definition) is 1. The predicted molar refractivity (Wildman–Crippen MR) is 82.1 cm³/mol. The zero-order chi connectivity index (χ0) is 15.2. The number of nitrogens with zero attached hydrogens (tertiary/aromatic N) is 1. The lowest BCUT2D eigenvalue weighted by Gasteiger charge is -2.36. The van der Waals surface area contributed by atoms with E-state index in [9.17, 15) is 8.78 Å². The molecule has 2 rings (SSSR count). The first-order chi connectivity index (χ1) is 10.1. The third-order valence-electron chi connectivity index (χ3n) is 4.37. The maximum absolute atomic E-state index is 13.7. The van der Waals surface area contributed by atoms with Gasteiger partial charge in [0, 0.05) is 30.8 Å². The van der Waals surface area contributed by atoms with E-state index in [1.807, 2.05) is 0 Å². The Balaban J connectivity index is 1.91. The van der Waals surface area contributed by atoms with Gasteiger partial charge < -0.3 is 5.32 Å². The summed E-state index contributed by atoms with van der Waals surface area (Å²) in [5, 5.41) is 3.55. The largest absolute Gasteiger partial charge is 0.314 e. The number of piperidine rings is 1. The molecule has 0 bridgehead atoms. The Hall–Kier alpha value is -1.00. The second-order valence-corrected chi connectivity index (χ2v) is 6.12. The van der Waals surface area contributed by atoms with E-state index in [1.54, 1.807) is 6.07 Å². The van der Waals surface area contributed by atoms with Gasteiger partial charge in [-0.2, -0.15) is 0 Å². The highest BCUT2D eigenvalue weighted by Gasteiger charge is 2.24. The summed E-state index contributed by atoms with van der Waals surface area (Å²) in [6.45, 7) is 8.00. The molecular weight excluding hydrogens is 270 g/mol. The van der Waals surface area contributed by atoms with Crippen LogP contribution in [0, 0.1) is 17.6 Å². The molecule has 1 aromatic rings. The van der Waals surface area contributed by atoms with Gasteiger partial charge in [-0.05, 0) is 51.3 Å². The van der Waals surface area contributed by atoms with Crippen LogP contribution in [0.1, 0.15) is 38.7 Å². The molecule has 0 saturated carbocycles. The van der Waals surface area contributed by atoms with E-state index in [4.69, 9.17) is 0 Å². The average molecular weight is 296 g/mol. The van der Waals surface area contributed by atoms with Crippen molar-refractivity contribution in [3.05, 3.63) is 35.4 Å². The maximum atomic E-state index is 13.7. The SMILES string of the molecule is CCCNC(C)C1CCCN(Cc2ccc(F)cc2F)C1. The molecule has 1 heterocycles. The smallest absolute Gasteiger partial charge is 0.130 e. The van der Waals surface area contributed by atoms with Gasteiger partial charge >= 0.3 is 0 Å². The molecule has 0 radical (unpaired) electrons. The molecule has 1 saturated heterocycles. The maximum Gasteiger partial charge on any atom is 0.130 e. The summed E-state index contributed by atoms with van der Waals surface area (Å²) in [7, 11) is 0. The van der Waals surface area contributed by atoms with Gasteiger partial charge in [0.15, 0.2) is 0 Å². The third kappa shape index (κ3) is 4.75. The number of benzene rings is 1. The molecule has 0 amide bonds. The number of likely N-dealkylation sites (tertiary alicyclic amines) is 1. The molecule has 1 N–H and O–H groups in total. The van der Waals surface area contributed by atoms with Crippen molar-refractivity contribution in [3.63, 3.8) is 0 Å². The van der Waals surface area contributed by atoms with Crippen LogP contribution in [0.3, 0.4) is 0 Å². The van der Waals surface area contributed by atoms with E-state index >= 15 is 0 Å². The summed E-state index contributed by atoms with van der Waals surface area (Å²) < 4.78 is 26.7. The van der Waals surface area contributed by atoms with Crippen LogP contribution >= 0.6 is 0 Å². The topological polar surface area (TPSA) is 15.3 Å². The summed E-state index contributed by atoms with van der Waals surface area (Å²) in [5.74, 6) is -0.340. The molecule has 1 aliphatic rings.